The smallest absolute Gasteiger partial charge is 0.419 e. The lowest BCUT2D eigenvalue weighted by atomic mass is 9.78. The number of nitrogens with zero attached hydrogens (tertiary/aromatic N) is 5. The number of carbonyl (C=O) groups is 4. The van der Waals surface area contributed by atoms with Gasteiger partial charge in [0, 0.05) is 30.5 Å². The van der Waals surface area contributed by atoms with Crippen molar-refractivity contribution in [2.75, 3.05) is 53.7 Å². The largest absolute Gasteiger partial charge is 0.493 e. The first kappa shape index (κ1) is 44.5. The number of aromatic nitrogens is 1. The summed E-state index contributed by atoms with van der Waals surface area (Å²) >= 11 is 5.78. The number of hydrogen-bond acceptors (Lipinski definition) is 10. The van der Waals surface area contributed by atoms with Gasteiger partial charge in [-0.1, -0.05) is 19.9 Å². The standard InChI is InChI=1S/C42H49F3N8O5S/c1-6-27-20-30(53(40(2,3)26-54)39(59)51(5)31-22-32(42(43,44)45)34(23-46)47-24-31)10-12-35(27)58-19-16-41(4)14-17-52(18-15-41)25-37(56)49-29-9-7-8-28(21-29)48-33-11-13-36(55)50-38(33)57/h7-10,12,20-22,24,26,33,48H,6,11,13-19,25H2,1-5H3,(H,49,56)(H,50,55,57). The van der Waals surface area contributed by atoms with Crippen molar-refractivity contribution < 1.29 is 37.1 Å². The second-order valence-electron chi connectivity index (χ2n) is 15.8. The van der Waals surface area contributed by atoms with Crippen LogP contribution in [0.4, 0.5) is 35.9 Å². The van der Waals surface area contributed by atoms with Gasteiger partial charge in [-0.2, -0.15) is 18.4 Å². The zero-order valence-corrected chi connectivity index (χ0v) is 34.6. The molecule has 2 saturated heterocycles. The molecular weight excluding hydrogens is 786 g/mol. The van der Waals surface area contributed by atoms with E-state index in [1.54, 1.807) is 55.1 Å². The predicted octanol–water partition coefficient (Wildman–Crippen LogP) is 6.47. The van der Waals surface area contributed by atoms with Crippen LogP contribution in [0.1, 0.15) is 76.6 Å². The van der Waals surface area contributed by atoms with Crippen LogP contribution in [0, 0.1) is 16.7 Å². The van der Waals surface area contributed by atoms with Gasteiger partial charge in [0.05, 0.1) is 36.1 Å². The Bertz CT molecular complexity index is 2120. The highest BCUT2D eigenvalue weighted by Crippen LogP contribution is 2.37. The molecule has 314 valence electrons. The molecule has 3 aromatic rings. The first-order valence-corrected chi connectivity index (χ1v) is 19.8. The van der Waals surface area contributed by atoms with Crippen LogP contribution in [-0.2, 0) is 31.8 Å². The van der Waals surface area contributed by atoms with Crippen LogP contribution in [0.5, 0.6) is 5.75 Å². The Labute approximate surface area is 347 Å². The molecule has 1 atom stereocenters. The van der Waals surface area contributed by atoms with Crippen LogP contribution < -0.4 is 30.5 Å². The van der Waals surface area contributed by atoms with Crippen molar-refractivity contribution in [2.45, 2.75) is 84.0 Å². The summed E-state index contributed by atoms with van der Waals surface area (Å²) in [5.41, 5.74) is -0.493. The van der Waals surface area contributed by atoms with Crippen LogP contribution in [0.2, 0.25) is 0 Å². The number of aldehydes is 1. The number of carbonyl (C=O) groups excluding carboxylic acids is 4. The maximum Gasteiger partial charge on any atom is 0.419 e. The number of ether oxygens (including phenoxy) is 1. The number of piperidine rings is 2. The van der Waals surface area contributed by atoms with Crippen LogP contribution in [0.3, 0.4) is 0 Å². The van der Waals surface area contributed by atoms with Crippen molar-refractivity contribution in [3.63, 3.8) is 0 Å². The van der Waals surface area contributed by atoms with E-state index in [1.807, 2.05) is 13.0 Å². The molecule has 3 amide bonds. The molecule has 0 bridgehead atoms. The summed E-state index contributed by atoms with van der Waals surface area (Å²) in [7, 11) is 1.48. The minimum Gasteiger partial charge on any atom is -0.493 e. The fourth-order valence-corrected chi connectivity index (χ4v) is 7.54. The highest BCUT2D eigenvalue weighted by molar-refractivity contribution is 7.80. The molecule has 2 aliphatic rings. The van der Waals surface area contributed by atoms with Crippen LogP contribution in [0.25, 0.3) is 0 Å². The molecular formula is C42H49F3N8O5S. The Kier molecular flexibility index (Phi) is 14.0. The number of benzene rings is 2. The molecule has 5 rings (SSSR count). The van der Waals surface area contributed by atoms with Gasteiger partial charge in [0.15, 0.2) is 10.8 Å². The summed E-state index contributed by atoms with van der Waals surface area (Å²) in [6.07, 6.45) is 0.806. The van der Waals surface area contributed by atoms with E-state index in [0.717, 1.165) is 50.2 Å². The van der Waals surface area contributed by atoms with Gasteiger partial charge >= 0.3 is 6.18 Å². The predicted molar refractivity (Wildman–Crippen MR) is 222 cm³/mol. The third-order valence-electron chi connectivity index (χ3n) is 10.8. The maximum atomic E-state index is 13.7. The van der Waals surface area contributed by atoms with Crippen molar-refractivity contribution in [2.24, 2.45) is 5.41 Å². The van der Waals surface area contributed by atoms with E-state index < -0.39 is 29.0 Å². The second kappa shape index (κ2) is 18.5. The molecule has 13 nitrogen and oxygen atoms in total. The topological polar surface area (TPSA) is 160 Å². The minimum atomic E-state index is -4.81. The minimum absolute atomic E-state index is 0.00449. The Morgan fingerprint density at radius 1 is 1.14 bits per heavy atom. The number of nitriles is 1. The van der Waals surface area contributed by atoms with E-state index in [9.17, 15) is 37.6 Å². The second-order valence-corrected chi connectivity index (χ2v) is 16.1. The van der Waals surface area contributed by atoms with Crippen LogP contribution in [-0.4, -0.2) is 83.9 Å². The quantitative estimate of drug-likeness (QED) is 0.0925. The molecule has 2 aliphatic heterocycles. The molecule has 0 saturated carbocycles. The van der Waals surface area contributed by atoms with Gasteiger partial charge in [-0.25, -0.2) is 4.98 Å². The van der Waals surface area contributed by atoms with Gasteiger partial charge in [-0.3, -0.25) is 24.6 Å². The summed E-state index contributed by atoms with van der Waals surface area (Å²) in [5.74, 6) is -0.129. The summed E-state index contributed by atoms with van der Waals surface area (Å²) in [6.45, 7) is 9.65. The summed E-state index contributed by atoms with van der Waals surface area (Å²) < 4.78 is 47.5. The zero-order chi connectivity index (χ0) is 43.1. The van der Waals surface area contributed by atoms with Crippen LogP contribution >= 0.6 is 12.2 Å². The highest BCUT2D eigenvalue weighted by Gasteiger charge is 2.37. The van der Waals surface area contributed by atoms with Gasteiger partial charge in [-0.05, 0) is 125 Å². The molecule has 2 aromatic carbocycles. The highest BCUT2D eigenvalue weighted by atomic mass is 32.1. The molecule has 2 fully saturated rings. The molecule has 0 spiro atoms. The van der Waals surface area contributed by atoms with Crippen molar-refractivity contribution in [1.29, 1.82) is 5.26 Å². The zero-order valence-electron chi connectivity index (χ0n) is 33.7. The number of thiocarbonyl (C=S) groups is 1. The molecule has 17 heteroatoms. The third kappa shape index (κ3) is 11.1. The monoisotopic (exact) mass is 834 g/mol. The van der Waals surface area contributed by atoms with E-state index in [4.69, 9.17) is 17.0 Å². The number of hydrogen-bond donors (Lipinski definition) is 3. The first-order valence-electron chi connectivity index (χ1n) is 19.4. The number of pyridine rings is 1. The Balaban J connectivity index is 1.16. The SMILES string of the molecule is CCc1cc(N(C(=S)N(C)c2cnc(C#N)c(C(F)(F)F)c2)C(C)(C)C=O)ccc1OCCC1(C)CCN(CC(=O)Nc2cccc(NC3CCC(=O)NC3=O)c2)CC1. The number of likely N-dealkylation sites (tertiary alicyclic amines) is 1. The molecule has 1 aromatic heterocycles. The number of halogens is 3. The van der Waals surface area contributed by atoms with Gasteiger partial charge in [0.1, 0.15) is 24.1 Å². The lowest BCUT2D eigenvalue weighted by molar-refractivity contribution is -0.138. The lowest BCUT2D eigenvalue weighted by Crippen LogP contribution is -2.54. The average Bonchev–Trinajstić information content (AvgIpc) is 3.19. The van der Waals surface area contributed by atoms with Crippen molar-refractivity contribution in [3.8, 4) is 11.8 Å². The molecule has 0 radical (unpaired) electrons. The van der Waals surface area contributed by atoms with E-state index in [2.05, 4.69) is 32.8 Å². The lowest BCUT2D eigenvalue weighted by Gasteiger charge is -2.40. The molecule has 0 aliphatic carbocycles. The maximum absolute atomic E-state index is 13.7. The van der Waals surface area contributed by atoms with E-state index >= 15 is 0 Å². The number of aryl methyl sites for hydroxylation is 1. The van der Waals surface area contributed by atoms with E-state index in [-0.39, 0.29) is 46.9 Å². The Hall–Kier alpha value is -5.60. The van der Waals surface area contributed by atoms with E-state index in [0.29, 0.717) is 48.5 Å². The number of alkyl halides is 3. The Morgan fingerprint density at radius 2 is 1.85 bits per heavy atom. The molecule has 1 unspecified atom stereocenters. The fraction of sp³-hybridized carbons (Fsp3) is 0.452. The number of amides is 3. The van der Waals surface area contributed by atoms with Gasteiger partial charge in [-0.15, -0.1) is 0 Å². The van der Waals surface area contributed by atoms with Crippen molar-refractivity contribution in [1.82, 2.24) is 15.2 Å². The summed E-state index contributed by atoms with van der Waals surface area (Å²) in [4.78, 5) is 57.7. The fourth-order valence-electron chi connectivity index (χ4n) is 7.10. The molecule has 3 N–H and O–H groups in total. The molecule has 3 heterocycles. The number of rotatable bonds is 14. The molecule has 59 heavy (non-hydrogen) atoms. The Morgan fingerprint density at radius 3 is 2.49 bits per heavy atom. The van der Waals surface area contributed by atoms with Gasteiger partial charge < -0.3 is 30.0 Å². The number of imide groups is 1. The third-order valence-corrected chi connectivity index (χ3v) is 11.3. The average molecular weight is 835 g/mol. The summed E-state index contributed by atoms with van der Waals surface area (Å²) in [5, 5.41) is 17.6. The van der Waals surface area contributed by atoms with Crippen molar-refractivity contribution >= 4 is 64.1 Å². The van der Waals surface area contributed by atoms with Crippen molar-refractivity contribution in [3.05, 3.63) is 71.5 Å². The number of nitrogens with one attached hydrogen (secondary N) is 3. The van der Waals surface area contributed by atoms with E-state index in [1.165, 1.54) is 18.0 Å². The first-order chi connectivity index (χ1) is 27.9. The number of anilines is 4. The van der Waals surface area contributed by atoms with Gasteiger partial charge in [0.25, 0.3) is 0 Å². The summed E-state index contributed by atoms with van der Waals surface area (Å²) in [6, 6.07) is 14.3. The normalized spacial score (nSPS) is 17.0. The van der Waals surface area contributed by atoms with Gasteiger partial charge in [0.2, 0.25) is 17.7 Å². The van der Waals surface area contributed by atoms with Crippen LogP contribution in [0.15, 0.2) is 54.7 Å².